The van der Waals surface area contributed by atoms with Crippen LogP contribution in [0.15, 0.2) is 35.5 Å². The Bertz CT molecular complexity index is 463. The molecule has 4 heteroatoms. The van der Waals surface area contributed by atoms with Gasteiger partial charge in [0.05, 0.1) is 0 Å². The molecule has 1 aromatic carbocycles. The number of anilines is 1. The Morgan fingerprint density at radius 1 is 1.33 bits per heavy atom. The van der Waals surface area contributed by atoms with Crippen LogP contribution in [0.5, 0.6) is 0 Å². The molecule has 2 nitrogen and oxygen atoms in total. The van der Waals surface area contributed by atoms with Crippen LogP contribution in [0.25, 0.3) is 0 Å². The lowest BCUT2D eigenvalue weighted by Gasteiger charge is -2.30. The van der Waals surface area contributed by atoms with Gasteiger partial charge in [-0.1, -0.05) is 29.8 Å². The van der Waals surface area contributed by atoms with Crippen molar-refractivity contribution >= 4 is 23.5 Å². The van der Waals surface area contributed by atoms with Gasteiger partial charge in [-0.25, -0.2) is 4.58 Å². The van der Waals surface area contributed by atoms with E-state index in [4.69, 9.17) is 11.6 Å². The summed E-state index contributed by atoms with van der Waals surface area (Å²) >= 11 is 6.36. The predicted octanol–water partition coefficient (Wildman–Crippen LogP) is -0.134. The number of fused-ring (bicyclic) bond motifs is 1. The molecule has 0 radical (unpaired) electrons. The summed E-state index contributed by atoms with van der Waals surface area (Å²) in [5.74, 6) is 0. The van der Waals surface area contributed by atoms with Crippen LogP contribution in [0.4, 0.5) is 5.69 Å². The summed E-state index contributed by atoms with van der Waals surface area (Å²) < 4.78 is 1.98. The summed E-state index contributed by atoms with van der Waals surface area (Å²) in [6, 6.07) is 8.48. The average Bonchev–Trinajstić information content (AvgIpc) is 2.35. The second-order valence-corrected chi connectivity index (χ2v) is 4.87. The highest BCUT2D eigenvalue weighted by Crippen LogP contribution is 2.30. The topological polar surface area (TPSA) is 6.25 Å². The molecule has 0 aliphatic carbocycles. The lowest BCUT2D eigenvalue weighted by Crippen LogP contribution is -3.00. The quantitative estimate of drug-likeness (QED) is 0.417. The predicted molar refractivity (Wildman–Crippen MR) is 74.2 cm³/mol. The largest absolute Gasteiger partial charge is 1.00 e. The van der Waals surface area contributed by atoms with Crippen LogP contribution >= 0.6 is 11.6 Å². The van der Waals surface area contributed by atoms with Crippen molar-refractivity contribution in [2.24, 2.45) is 0 Å². The fourth-order valence-corrected chi connectivity index (χ4v) is 2.29. The molecular weight excluding hydrogens is 267 g/mol. The molecule has 0 aromatic heterocycles. The Balaban J connectivity index is 0.00000162. The fourth-order valence-electron chi connectivity index (χ4n) is 2.06. The number of benzene rings is 1. The summed E-state index contributed by atoms with van der Waals surface area (Å²) in [6.07, 6.45) is 6.22. The molecule has 1 aliphatic heterocycles. The maximum absolute atomic E-state index is 6.36. The van der Waals surface area contributed by atoms with Crippen molar-refractivity contribution in [3.63, 3.8) is 0 Å². The maximum atomic E-state index is 6.36. The number of rotatable bonds is 2. The minimum atomic E-state index is 0. The van der Waals surface area contributed by atoms with Crippen LogP contribution in [0.3, 0.4) is 0 Å². The van der Waals surface area contributed by atoms with Crippen molar-refractivity contribution < 1.29 is 17.0 Å². The molecule has 0 fully saturated rings. The molecule has 98 valence electrons. The smallest absolute Gasteiger partial charge is 0.165 e. The van der Waals surface area contributed by atoms with Crippen molar-refractivity contribution in [2.75, 3.05) is 25.5 Å². The molecule has 0 N–H and O–H groups in total. The molecule has 0 spiro atoms. The van der Waals surface area contributed by atoms with Gasteiger partial charge < -0.3 is 17.3 Å². The molecular formula is C14H18Cl2N2. The van der Waals surface area contributed by atoms with Crippen molar-refractivity contribution in [3.05, 3.63) is 41.1 Å². The second-order valence-electron chi connectivity index (χ2n) is 4.49. The van der Waals surface area contributed by atoms with Gasteiger partial charge in [-0.2, -0.15) is 0 Å². The van der Waals surface area contributed by atoms with Gasteiger partial charge in [-0.15, -0.1) is 0 Å². The van der Waals surface area contributed by atoms with E-state index in [2.05, 4.69) is 29.2 Å². The highest BCUT2D eigenvalue weighted by Gasteiger charge is 2.18. The first kappa shape index (κ1) is 15.1. The number of nitrogens with zero attached hydrogens (tertiary/aromatic N) is 2. The standard InChI is InChI=1S/C14H18ClN2.ClH/c1-16(2)11-9-14(15)17-10-5-7-12-6-3-4-8-13(12)17;/h3-4,6,8-9,11H,5,7,10H2,1-2H3;1H/q+1;/p-1. The summed E-state index contributed by atoms with van der Waals surface area (Å²) in [4.78, 5) is 2.18. The zero-order valence-electron chi connectivity index (χ0n) is 10.7. The highest BCUT2D eigenvalue weighted by molar-refractivity contribution is 6.32. The summed E-state index contributed by atoms with van der Waals surface area (Å²) in [5.41, 5.74) is 2.63. The second kappa shape index (κ2) is 6.81. The zero-order valence-corrected chi connectivity index (χ0v) is 12.2. The van der Waals surface area contributed by atoms with Crippen LogP contribution in [-0.2, 0) is 6.42 Å². The molecule has 0 amide bonds. The van der Waals surface area contributed by atoms with Gasteiger partial charge >= 0.3 is 0 Å². The number of allylic oxidation sites excluding steroid dienone is 1. The average molecular weight is 285 g/mol. The first-order valence-electron chi connectivity index (χ1n) is 5.91. The number of aryl methyl sites for hydroxylation is 1. The molecule has 0 atom stereocenters. The van der Waals surface area contributed by atoms with Gasteiger partial charge in [0, 0.05) is 18.3 Å². The summed E-state index contributed by atoms with van der Waals surface area (Å²) in [5, 5.41) is 0.783. The van der Waals surface area contributed by atoms with E-state index >= 15 is 0 Å². The Morgan fingerprint density at radius 2 is 2.06 bits per heavy atom. The van der Waals surface area contributed by atoms with Gasteiger partial charge in [-0.3, -0.25) is 0 Å². The number of halogens is 2. The van der Waals surface area contributed by atoms with E-state index in [9.17, 15) is 0 Å². The Kier molecular flexibility index (Phi) is 5.70. The number of para-hydroxylation sites is 1. The van der Waals surface area contributed by atoms with E-state index in [0.717, 1.165) is 24.5 Å². The van der Waals surface area contributed by atoms with E-state index < -0.39 is 0 Å². The van der Waals surface area contributed by atoms with E-state index in [1.54, 1.807) is 0 Å². The SMILES string of the molecule is C[N+](C)=C/C=C(\Cl)N1CCCc2ccccc21.[Cl-]. The summed E-state index contributed by atoms with van der Waals surface area (Å²) in [7, 11) is 3.98. The molecule has 0 saturated carbocycles. The fraction of sp³-hybridized carbons (Fsp3) is 0.357. The van der Waals surface area contributed by atoms with Gasteiger partial charge in [0.2, 0.25) is 0 Å². The molecule has 1 heterocycles. The Morgan fingerprint density at radius 3 is 2.78 bits per heavy atom. The van der Waals surface area contributed by atoms with Crippen LogP contribution < -0.4 is 17.3 Å². The zero-order chi connectivity index (χ0) is 12.3. The first-order valence-corrected chi connectivity index (χ1v) is 6.29. The molecule has 1 aliphatic rings. The number of hydrogen-bond donors (Lipinski definition) is 0. The Hall–Kier alpha value is -0.990. The van der Waals surface area contributed by atoms with Crippen LogP contribution in [0, 0.1) is 0 Å². The van der Waals surface area contributed by atoms with Gasteiger partial charge in [0.1, 0.15) is 19.3 Å². The monoisotopic (exact) mass is 284 g/mol. The van der Waals surface area contributed by atoms with Crippen molar-refractivity contribution in [3.8, 4) is 0 Å². The lowest BCUT2D eigenvalue weighted by molar-refractivity contribution is -0.458. The minimum absolute atomic E-state index is 0. The molecule has 2 rings (SSSR count). The van der Waals surface area contributed by atoms with E-state index in [0.29, 0.717) is 0 Å². The van der Waals surface area contributed by atoms with Crippen LogP contribution in [-0.4, -0.2) is 31.4 Å². The van der Waals surface area contributed by atoms with E-state index in [-0.39, 0.29) is 12.4 Å². The van der Waals surface area contributed by atoms with Crippen LogP contribution in [0.2, 0.25) is 0 Å². The molecule has 0 bridgehead atoms. The normalized spacial score (nSPS) is 14.6. The van der Waals surface area contributed by atoms with Crippen molar-refractivity contribution in [1.82, 2.24) is 0 Å². The van der Waals surface area contributed by atoms with Gasteiger partial charge in [0.25, 0.3) is 0 Å². The molecule has 0 saturated heterocycles. The van der Waals surface area contributed by atoms with E-state index in [1.165, 1.54) is 11.3 Å². The maximum Gasteiger partial charge on any atom is 0.165 e. The minimum Gasteiger partial charge on any atom is -1.00 e. The third-order valence-corrected chi connectivity index (χ3v) is 3.21. The van der Waals surface area contributed by atoms with Gasteiger partial charge in [0.15, 0.2) is 6.21 Å². The molecule has 18 heavy (non-hydrogen) atoms. The van der Waals surface area contributed by atoms with Crippen molar-refractivity contribution in [2.45, 2.75) is 12.8 Å². The van der Waals surface area contributed by atoms with Gasteiger partial charge in [-0.05, 0) is 24.5 Å². The third-order valence-electron chi connectivity index (χ3n) is 2.88. The van der Waals surface area contributed by atoms with E-state index in [1.807, 2.05) is 31.0 Å². The van der Waals surface area contributed by atoms with Crippen LogP contribution in [0.1, 0.15) is 12.0 Å². The third kappa shape index (κ3) is 3.50. The Labute approximate surface area is 120 Å². The van der Waals surface area contributed by atoms with Crippen molar-refractivity contribution in [1.29, 1.82) is 0 Å². The lowest BCUT2D eigenvalue weighted by atomic mass is 10.0. The molecule has 0 unspecified atom stereocenters. The summed E-state index contributed by atoms with van der Waals surface area (Å²) in [6.45, 7) is 0.994. The molecule has 1 aromatic rings. The first-order chi connectivity index (χ1) is 8.18. The highest BCUT2D eigenvalue weighted by atomic mass is 35.5. The number of hydrogen-bond acceptors (Lipinski definition) is 1.